The van der Waals surface area contributed by atoms with Crippen molar-refractivity contribution in [3.8, 4) is 0 Å². The number of amides is 2. The van der Waals surface area contributed by atoms with Crippen LogP contribution in [0.5, 0.6) is 0 Å². The van der Waals surface area contributed by atoms with Crippen LogP contribution in [0.1, 0.15) is 15.2 Å². The van der Waals surface area contributed by atoms with Crippen molar-refractivity contribution in [2.45, 2.75) is 11.8 Å². The van der Waals surface area contributed by atoms with Gasteiger partial charge in [-0.05, 0) is 36.1 Å². The fourth-order valence-electron chi connectivity index (χ4n) is 2.41. The monoisotopic (exact) mass is 356 g/mol. The highest BCUT2D eigenvalue weighted by molar-refractivity contribution is 8.00. The van der Waals surface area contributed by atoms with E-state index in [1.165, 1.54) is 23.1 Å². The first kappa shape index (κ1) is 16.5. The van der Waals surface area contributed by atoms with Gasteiger partial charge in [0.25, 0.3) is 5.91 Å². The molecule has 0 aliphatic carbocycles. The Kier molecular flexibility index (Phi) is 4.87. The van der Waals surface area contributed by atoms with E-state index in [-0.39, 0.29) is 17.6 Å². The van der Waals surface area contributed by atoms with Gasteiger partial charge in [-0.1, -0.05) is 30.3 Å². The second-order valence-electron chi connectivity index (χ2n) is 5.26. The summed E-state index contributed by atoms with van der Waals surface area (Å²) in [5.74, 6) is -0.350. The fraction of sp³-hybridized carbons (Fsp3) is 0.111. The summed E-state index contributed by atoms with van der Waals surface area (Å²) in [4.78, 5) is 25.2. The van der Waals surface area contributed by atoms with Gasteiger partial charge < -0.3 is 11.1 Å². The molecule has 1 heterocycles. The van der Waals surface area contributed by atoms with Crippen molar-refractivity contribution >= 4 is 50.7 Å². The molecule has 0 bridgehead atoms. The van der Waals surface area contributed by atoms with Crippen molar-refractivity contribution in [2.75, 3.05) is 11.1 Å². The molecule has 1 aromatic heterocycles. The molecule has 0 radical (unpaired) electrons. The number of nitrogens with one attached hydrogen (secondary N) is 1. The molecule has 0 atom stereocenters. The van der Waals surface area contributed by atoms with Gasteiger partial charge in [-0.2, -0.15) is 0 Å². The summed E-state index contributed by atoms with van der Waals surface area (Å²) < 4.78 is 1.09. The number of carbonyl (C=O) groups excluding carboxylic acids is 2. The summed E-state index contributed by atoms with van der Waals surface area (Å²) >= 11 is 2.80. The minimum absolute atomic E-state index is 0.138. The summed E-state index contributed by atoms with van der Waals surface area (Å²) in [5.41, 5.74) is 6.87. The Balaban J connectivity index is 1.86. The molecule has 3 rings (SSSR count). The molecule has 0 spiro atoms. The highest BCUT2D eigenvalue weighted by Gasteiger charge is 2.16. The lowest BCUT2D eigenvalue weighted by molar-refractivity contribution is -0.115. The van der Waals surface area contributed by atoms with Crippen LogP contribution in [0.4, 0.5) is 5.69 Å². The molecule has 3 aromatic rings. The van der Waals surface area contributed by atoms with Crippen molar-refractivity contribution in [2.24, 2.45) is 5.73 Å². The maximum Gasteiger partial charge on any atom is 0.266 e. The van der Waals surface area contributed by atoms with Crippen molar-refractivity contribution in [3.05, 3.63) is 59.0 Å². The highest BCUT2D eigenvalue weighted by Crippen LogP contribution is 2.32. The minimum atomic E-state index is -0.388. The summed E-state index contributed by atoms with van der Waals surface area (Å²) in [6.07, 6.45) is 0. The quantitative estimate of drug-likeness (QED) is 0.678. The average molecular weight is 356 g/mol. The van der Waals surface area contributed by atoms with E-state index in [2.05, 4.69) is 5.32 Å². The molecule has 0 saturated carbocycles. The summed E-state index contributed by atoms with van der Waals surface area (Å²) in [6, 6.07) is 15.4. The fourth-order valence-corrected chi connectivity index (χ4v) is 4.27. The molecule has 3 N–H and O–H groups in total. The lowest BCUT2D eigenvalue weighted by Crippen LogP contribution is -2.14. The Bertz CT molecular complexity index is 918. The van der Waals surface area contributed by atoms with Crippen LogP contribution in [0.25, 0.3) is 10.1 Å². The number of aryl methyl sites for hydroxylation is 1. The van der Waals surface area contributed by atoms with Crippen LogP contribution >= 0.6 is 23.1 Å². The van der Waals surface area contributed by atoms with Gasteiger partial charge in [0.1, 0.15) is 0 Å². The maximum atomic E-state index is 12.7. The van der Waals surface area contributed by atoms with Crippen LogP contribution in [-0.4, -0.2) is 17.6 Å². The van der Waals surface area contributed by atoms with Gasteiger partial charge in [-0.3, -0.25) is 9.59 Å². The predicted molar refractivity (Wildman–Crippen MR) is 101 cm³/mol. The Morgan fingerprint density at radius 2 is 1.83 bits per heavy atom. The average Bonchev–Trinajstić information content (AvgIpc) is 2.91. The topological polar surface area (TPSA) is 72.2 Å². The van der Waals surface area contributed by atoms with E-state index in [4.69, 9.17) is 5.73 Å². The number of rotatable bonds is 5. The van der Waals surface area contributed by atoms with E-state index in [0.29, 0.717) is 10.6 Å². The number of benzene rings is 2. The van der Waals surface area contributed by atoms with E-state index in [0.717, 1.165) is 20.5 Å². The van der Waals surface area contributed by atoms with Gasteiger partial charge in [-0.25, -0.2) is 0 Å². The molecule has 0 fully saturated rings. The molecule has 6 heteroatoms. The van der Waals surface area contributed by atoms with Crippen LogP contribution < -0.4 is 11.1 Å². The Morgan fingerprint density at radius 1 is 1.12 bits per heavy atom. The van der Waals surface area contributed by atoms with Crippen molar-refractivity contribution in [1.82, 2.24) is 0 Å². The van der Waals surface area contributed by atoms with E-state index in [1.807, 2.05) is 55.5 Å². The third-order valence-electron chi connectivity index (χ3n) is 3.56. The first-order valence-corrected chi connectivity index (χ1v) is 9.16. The number of anilines is 1. The van der Waals surface area contributed by atoms with E-state index in [1.54, 1.807) is 0 Å². The first-order valence-electron chi connectivity index (χ1n) is 7.36. The second kappa shape index (κ2) is 7.07. The van der Waals surface area contributed by atoms with Gasteiger partial charge >= 0.3 is 0 Å². The van der Waals surface area contributed by atoms with Crippen molar-refractivity contribution in [1.29, 1.82) is 0 Å². The molecule has 2 amide bonds. The number of primary amides is 1. The summed E-state index contributed by atoms with van der Waals surface area (Å²) in [6.45, 7) is 1.96. The van der Waals surface area contributed by atoms with Crippen LogP contribution in [0.15, 0.2) is 53.4 Å². The van der Waals surface area contributed by atoms with Crippen LogP contribution in [0, 0.1) is 6.92 Å². The Morgan fingerprint density at radius 3 is 2.58 bits per heavy atom. The zero-order valence-electron chi connectivity index (χ0n) is 13.0. The molecule has 4 nitrogen and oxygen atoms in total. The van der Waals surface area contributed by atoms with Gasteiger partial charge in [0.15, 0.2) is 0 Å². The minimum Gasteiger partial charge on any atom is -0.369 e. The highest BCUT2D eigenvalue weighted by atomic mass is 32.2. The number of hydrogen-bond donors (Lipinski definition) is 2. The van der Waals surface area contributed by atoms with Gasteiger partial charge in [-0.15, -0.1) is 23.1 Å². The lowest BCUT2D eigenvalue weighted by atomic mass is 10.1. The number of nitrogens with two attached hydrogens (primary N) is 1. The first-order chi connectivity index (χ1) is 11.6. The zero-order valence-corrected chi connectivity index (χ0v) is 14.7. The lowest BCUT2D eigenvalue weighted by Gasteiger charge is -2.09. The van der Waals surface area contributed by atoms with Gasteiger partial charge in [0, 0.05) is 9.60 Å². The Labute approximate surface area is 148 Å². The standard InChI is InChI=1S/C18H16N2O2S2/c1-11-12-6-2-4-8-14(12)24-17(11)18(22)20-13-7-3-5-9-15(13)23-10-16(19)21/h2-9H,10H2,1H3,(H2,19,21)(H,20,22). The molecular formula is C18H16N2O2S2. The van der Waals surface area contributed by atoms with Crippen LogP contribution in [0.2, 0.25) is 0 Å². The predicted octanol–water partition coefficient (Wildman–Crippen LogP) is 4.04. The van der Waals surface area contributed by atoms with Gasteiger partial charge in [0.2, 0.25) is 5.91 Å². The van der Waals surface area contributed by atoms with Crippen LogP contribution in [0.3, 0.4) is 0 Å². The number of thioether (sulfide) groups is 1. The van der Waals surface area contributed by atoms with E-state index in [9.17, 15) is 9.59 Å². The van der Waals surface area contributed by atoms with Gasteiger partial charge in [0.05, 0.1) is 16.3 Å². The number of hydrogen-bond acceptors (Lipinski definition) is 4. The third-order valence-corrected chi connectivity index (χ3v) is 5.92. The van der Waals surface area contributed by atoms with E-state index < -0.39 is 0 Å². The van der Waals surface area contributed by atoms with E-state index >= 15 is 0 Å². The molecular weight excluding hydrogens is 340 g/mol. The maximum absolute atomic E-state index is 12.7. The number of fused-ring (bicyclic) bond motifs is 1. The molecule has 122 valence electrons. The molecule has 24 heavy (non-hydrogen) atoms. The SMILES string of the molecule is Cc1c(C(=O)Nc2ccccc2SCC(N)=O)sc2ccccc12. The number of thiophene rings is 1. The largest absolute Gasteiger partial charge is 0.369 e. The van der Waals surface area contributed by atoms with Crippen molar-refractivity contribution < 1.29 is 9.59 Å². The molecule has 0 aliphatic heterocycles. The number of carbonyl (C=O) groups is 2. The smallest absolute Gasteiger partial charge is 0.266 e. The Hall–Kier alpha value is -2.31. The zero-order chi connectivity index (χ0) is 17.1. The second-order valence-corrected chi connectivity index (χ2v) is 7.33. The molecule has 0 unspecified atom stereocenters. The molecule has 2 aromatic carbocycles. The molecule has 0 aliphatic rings. The number of para-hydroxylation sites is 1. The van der Waals surface area contributed by atoms with Crippen LogP contribution in [-0.2, 0) is 4.79 Å². The normalized spacial score (nSPS) is 10.7. The summed E-state index contributed by atoms with van der Waals surface area (Å²) in [7, 11) is 0. The third kappa shape index (κ3) is 3.44. The summed E-state index contributed by atoms with van der Waals surface area (Å²) in [5, 5.41) is 4.05. The molecule has 0 saturated heterocycles. The van der Waals surface area contributed by atoms with Crippen molar-refractivity contribution in [3.63, 3.8) is 0 Å².